The van der Waals surface area contributed by atoms with Crippen LogP contribution < -0.4 is 10.7 Å². The van der Waals surface area contributed by atoms with Crippen molar-refractivity contribution in [3.63, 3.8) is 0 Å². The minimum atomic E-state index is 0.476. The number of rotatable bonds is 5. The van der Waals surface area contributed by atoms with Gasteiger partial charge >= 0.3 is 0 Å². The minimum Gasteiger partial charge on any atom is -0.358 e. The van der Waals surface area contributed by atoms with E-state index in [0.717, 1.165) is 17.0 Å². The van der Waals surface area contributed by atoms with Gasteiger partial charge in [0.15, 0.2) is 5.11 Å². The van der Waals surface area contributed by atoms with Crippen molar-refractivity contribution in [2.75, 3.05) is 6.54 Å². The van der Waals surface area contributed by atoms with E-state index in [9.17, 15) is 0 Å². The average molecular weight is 299 g/mol. The van der Waals surface area contributed by atoms with E-state index in [4.69, 9.17) is 12.2 Å². The van der Waals surface area contributed by atoms with Gasteiger partial charge in [-0.25, -0.2) is 4.98 Å². The van der Waals surface area contributed by atoms with E-state index < -0.39 is 0 Å². The molecule has 1 heterocycles. The highest BCUT2D eigenvalue weighted by Gasteiger charge is 2.00. The Morgan fingerprint density at radius 3 is 2.81 bits per heavy atom. The molecule has 0 radical (unpaired) electrons. The second-order valence-electron chi connectivity index (χ2n) is 4.32. The summed E-state index contributed by atoms with van der Waals surface area (Å²) in [6, 6.07) is 8.06. The molecule has 0 saturated carbocycles. The Morgan fingerprint density at radius 1 is 1.43 bits per heavy atom. The van der Waals surface area contributed by atoms with Crippen molar-refractivity contribution in [3.8, 4) is 5.69 Å². The first-order chi connectivity index (χ1) is 10.2. The lowest BCUT2D eigenvalue weighted by molar-refractivity contribution is 0.936. The molecular formula is C15H17N5S. The first-order valence-electron chi connectivity index (χ1n) is 6.48. The van der Waals surface area contributed by atoms with Crippen LogP contribution in [-0.2, 0) is 0 Å². The molecule has 0 aliphatic carbocycles. The third-order valence-corrected chi connectivity index (χ3v) is 3.06. The Bertz CT molecular complexity index is 629. The highest BCUT2D eigenvalue weighted by molar-refractivity contribution is 7.80. The van der Waals surface area contributed by atoms with E-state index in [0.29, 0.717) is 11.7 Å². The molecule has 0 atom stereocenters. The van der Waals surface area contributed by atoms with Crippen molar-refractivity contribution in [2.45, 2.75) is 6.92 Å². The van der Waals surface area contributed by atoms with Gasteiger partial charge in [-0.3, -0.25) is 5.43 Å². The van der Waals surface area contributed by atoms with E-state index >= 15 is 0 Å². The monoisotopic (exact) mass is 299 g/mol. The van der Waals surface area contributed by atoms with Crippen LogP contribution in [0.2, 0.25) is 0 Å². The van der Waals surface area contributed by atoms with Gasteiger partial charge in [0.1, 0.15) is 0 Å². The largest absolute Gasteiger partial charge is 0.358 e. The molecule has 0 aliphatic rings. The van der Waals surface area contributed by atoms with Gasteiger partial charge in [-0.05, 0) is 36.8 Å². The van der Waals surface area contributed by atoms with Crippen LogP contribution >= 0.6 is 12.2 Å². The van der Waals surface area contributed by atoms with E-state index in [-0.39, 0.29) is 0 Å². The van der Waals surface area contributed by atoms with Crippen molar-refractivity contribution >= 4 is 23.0 Å². The molecule has 0 amide bonds. The summed E-state index contributed by atoms with van der Waals surface area (Å²) in [6.07, 6.45) is 7.16. The van der Waals surface area contributed by atoms with Crippen LogP contribution in [0.1, 0.15) is 12.5 Å². The molecule has 108 valence electrons. The summed E-state index contributed by atoms with van der Waals surface area (Å²) in [4.78, 5) is 4.03. The van der Waals surface area contributed by atoms with Gasteiger partial charge in [0.25, 0.3) is 0 Å². The van der Waals surface area contributed by atoms with Gasteiger partial charge in [-0.1, -0.05) is 18.2 Å². The van der Waals surface area contributed by atoms with Gasteiger partial charge in [0.05, 0.1) is 12.0 Å². The molecule has 2 rings (SSSR count). The number of hydrogen-bond acceptors (Lipinski definition) is 3. The van der Waals surface area contributed by atoms with Crippen molar-refractivity contribution in [1.82, 2.24) is 20.3 Å². The number of hydrogen-bond donors (Lipinski definition) is 2. The fraction of sp³-hybridized carbons (Fsp3) is 0.133. The van der Waals surface area contributed by atoms with Gasteiger partial charge in [0, 0.05) is 24.6 Å². The molecule has 0 fully saturated rings. The van der Waals surface area contributed by atoms with Crippen LogP contribution in [0, 0.1) is 0 Å². The first kappa shape index (κ1) is 14.9. The molecule has 5 nitrogen and oxygen atoms in total. The molecule has 21 heavy (non-hydrogen) atoms. The van der Waals surface area contributed by atoms with Gasteiger partial charge in [-0.15, -0.1) is 6.58 Å². The number of aromatic nitrogens is 2. The standard InChI is InChI=1S/C15H17N5S/c1-3-8-17-15(21)19-18-12(2)13-4-6-14(7-5-13)20-10-9-16-11-20/h3-7,9-11H,1,8H2,2H3,(H2,17,19,21). The van der Waals surface area contributed by atoms with E-state index in [1.54, 1.807) is 18.6 Å². The summed E-state index contributed by atoms with van der Waals surface area (Å²) in [6.45, 7) is 6.15. The Kier molecular flexibility index (Phi) is 5.22. The van der Waals surface area contributed by atoms with Crippen molar-refractivity contribution in [1.29, 1.82) is 0 Å². The number of nitrogens with zero attached hydrogens (tertiary/aromatic N) is 3. The molecule has 1 aromatic heterocycles. The Labute approximate surface area is 129 Å². The lowest BCUT2D eigenvalue weighted by atomic mass is 10.1. The number of imidazole rings is 1. The molecule has 2 N–H and O–H groups in total. The van der Waals surface area contributed by atoms with E-state index in [1.165, 1.54) is 0 Å². The van der Waals surface area contributed by atoms with Crippen LogP contribution in [0.3, 0.4) is 0 Å². The zero-order valence-electron chi connectivity index (χ0n) is 11.8. The lowest BCUT2D eigenvalue weighted by Crippen LogP contribution is -2.32. The van der Waals surface area contributed by atoms with Crippen LogP contribution in [0.5, 0.6) is 0 Å². The van der Waals surface area contributed by atoms with Crippen LogP contribution in [0.15, 0.2) is 60.7 Å². The zero-order chi connectivity index (χ0) is 15.1. The molecular weight excluding hydrogens is 282 g/mol. The molecule has 1 aromatic carbocycles. The summed E-state index contributed by atoms with van der Waals surface area (Å²) in [5, 5.41) is 7.68. The Balaban J connectivity index is 2.01. The Morgan fingerprint density at radius 2 is 2.19 bits per heavy atom. The number of thiocarbonyl (C=S) groups is 1. The lowest BCUT2D eigenvalue weighted by Gasteiger charge is -2.07. The van der Waals surface area contributed by atoms with Gasteiger partial charge < -0.3 is 9.88 Å². The number of nitrogens with one attached hydrogen (secondary N) is 2. The maximum Gasteiger partial charge on any atom is 0.187 e. The van der Waals surface area contributed by atoms with E-state index in [1.807, 2.05) is 42.0 Å². The predicted molar refractivity (Wildman–Crippen MR) is 89.7 cm³/mol. The van der Waals surface area contributed by atoms with Crippen LogP contribution in [0.25, 0.3) is 5.69 Å². The third-order valence-electron chi connectivity index (χ3n) is 2.82. The highest BCUT2D eigenvalue weighted by atomic mass is 32.1. The smallest absolute Gasteiger partial charge is 0.187 e. The fourth-order valence-electron chi connectivity index (χ4n) is 1.69. The fourth-order valence-corrected chi connectivity index (χ4v) is 1.82. The summed E-state index contributed by atoms with van der Waals surface area (Å²) in [5.41, 5.74) is 5.74. The first-order valence-corrected chi connectivity index (χ1v) is 6.89. The normalized spacial score (nSPS) is 11.0. The zero-order valence-corrected chi connectivity index (χ0v) is 12.6. The molecule has 0 unspecified atom stereocenters. The summed E-state index contributed by atoms with van der Waals surface area (Å²) < 4.78 is 1.95. The maximum atomic E-state index is 5.08. The van der Waals surface area contributed by atoms with Gasteiger partial charge in [-0.2, -0.15) is 5.10 Å². The van der Waals surface area contributed by atoms with E-state index in [2.05, 4.69) is 27.4 Å². The third kappa shape index (κ3) is 4.25. The number of benzene rings is 1. The second kappa shape index (κ2) is 7.35. The van der Waals surface area contributed by atoms with Crippen LogP contribution in [-0.4, -0.2) is 26.9 Å². The summed E-state index contributed by atoms with van der Waals surface area (Å²) in [5.74, 6) is 0. The quantitative estimate of drug-likeness (QED) is 0.385. The topological polar surface area (TPSA) is 54.2 Å². The molecule has 0 saturated heterocycles. The van der Waals surface area contributed by atoms with Crippen molar-refractivity contribution in [3.05, 3.63) is 61.2 Å². The average Bonchev–Trinajstić information content (AvgIpc) is 3.05. The van der Waals surface area contributed by atoms with Crippen LogP contribution in [0.4, 0.5) is 0 Å². The highest BCUT2D eigenvalue weighted by Crippen LogP contribution is 2.09. The second-order valence-corrected chi connectivity index (χ2v) is 4.73. The predicted octanol–water partition coefficient (Wildman–Crippen LogP) is 2.25. The molecule has 0 bridgehead atoms. The maximum absolute atomic E-state index is 5.08. The van der Waals surface area contributed by atoms with Crippen molar-refractivity contribution in [2.24, 2.45) is 5.10 Å². The molecule has 2 aromatic rings. The van der Waals surface area contributed by atoms with Crippen molar-refractivity contribution < 1.29 is 0 Å². The molecule has 0 spiro atoms. The SMILES string of the molecule is C=CCNC(=S)NN=C(C)c1ccc(-n2ccnc2)cc1. The Hall–Kier alpha value is -2.47. The molecule has 6 heteroatoms. The summed E-state index contributed by atoms with van der Waals surface area (Å²) >= 11 is 5.08. The minimum absolute atomic E-state index is 0.476. The summed E-state index contributed by atoms with van der Waals surface area (Å²) in [7, 11) is 0. The molecule has 0 aliphatic heterocycles. The van der Waals surface area contributed by atoms with Gasteiger partial charge in [0.2, 0.25) is 0 Å². The number of hydrazone groups is 1.